The van der Waals surface area contributed by atoms with Crippen LogP contribution in [-0.2, 0) is 22.7 Å². The van der Waals surface area contributed by atoms with Crippen molar-refractivity contribution in [2.45, 2.75) is 38.9 Å². The van der Waals surface area contributed by atoms with E-state index in [1.807, 2.05) is 60.7 Å². The molecule has 1 atom stereocenters. The van der Waals surface area contributed by atoms with E-state index in [1.54, 1.807) is 0 Å². The number of hydrogen-bond donors (Lipinski definition) is 2. The van der Waals surface area contributed by atoms with E-state index in [9.17, 15) is 19.3 Å². The molecule has 9 nitrogen and oxygen atoms in total. The third-order valence-electron chi connectivity index (χ3n) is 5.03. The van der Waals surface area contributed by atoms with Crippen molar-refractivity contribution in [3.05, 3.63) is 89.4 Å². The molecular weight excluding hydrogens is 434 g/mol. The molecule has 4 amide bonds. The molecule has 2 aromatic rings. The Kier molecular flexibility index (Phi) is 11.0. The Morgan fingerprint density at radius 3 is 2.21 bits per heavy atom. The quantitative estimate of drug-likeness (QED) is 0.268. The molecule has 0 saturated carbocycles. The second-order valence-corrected chi connectivity index (χ2v) is 7.74. The number of benzene rings is 2. The van der Waals surface area contributed by atoms with Crippen molar-refractivity contribution in [1.82, 2.24) is 20.5 Å². The Morgan fingerprint density at radius 1 is 1.03 bits per heavy atom. The average Bonchev–Trinajstić information content (AvgIpc) is 2.85. The molecule has 0 saturated heterocycles. The molecule has 0 aromatic heterocycles. The Balaban J connectivity index is 2.03. The second-order valence-electron chi connectivity index (χ2n) is 7.74. The smallest absolute Gasteiger partial charge is 0.343 e. The summed E-state index contributed by atoms with van der Waals surface area (Å²) in [6.45, 7) is 5.77. The van der Waals surface area contributed by atoms with Crippen LogP contribution in [0.3, 0.4) is 0 Å². The number of urea groups is 1. The molecule has 0 fully saturated rings. The van der Waals surface area contributed by atoms with Gasteiger partial charge >= 0.3 is 6.03 Å². The zero-order chi connectivity index (χ0) is 24.8. The molecule has 2 aromatic carbocycles. The first-order chi connectivity index (χ1) is 16.4. The van der Waals surface area contributed by atoms with Gasteiger partial charge in [0, 0.05) is 26.6 Å². The first-order valence-corrected chi connectivity index (χ1v) is 11.1. The maximum absolute atomic E-state index is 12.9. The first-order valence-electron chi connectivity index (χ1n) is 11.1. The van der Waals surface area contributed by atoms with Gasteiger partial charge in [0.25, 0.3) is 0 Å². The van der Waals surface area contributed by atoms with Crippen LogP contribution in [0.1, 0.15) is 30.9 Å². The predicted molar refractivity (Wildman–Crippen MR) is 130 cm³/mol. The molecule has 9 heteroatoms. The molecule has 2 N–H and O–H groups in total. The summed E-state index contributed by atoms with van der Waals surface area (Å²) >= 11 is 0. The number of amides is 4. The number of carbonyl (C=O) groups is 3. The van der Waals surface area contributed by atoms with E-state index in [2.05, 4.69) is 22.5 Å². The Bertz CT molecular complexity index is 952. The predicted octanol–water partition coefficient (Wildman–Crippen LogP) is 3.38. The van der Waals surface area contributed by atoms with Gasteiger partial charge in [-0.3, -0.25) is 9.59 Å². The second kappa shape index (κ2) is 14.2. The summed E-state index contributed by atoms with van der Waals surface area (Å²) in [6.07, 6.45) is 2.15. The van der Waals surface area contributed by atoms with E-state index in [4.69, 9.17) is 0 Å². The van der Waals surface area contributed by atoms with E-state index in [0.717, 1.165) is 16.1 Å². The fourth-order valence-corrected chi connectivity index (χ4v) is 3.39. The summed E-state index contributed by atoms with van der Waals surface area (Å²) in [5.41, 5.74) is 1.83. The van der Waals surface area contributed by atoms with Crippen LogP contribution < -0.4 is 10.6 Å². The summed E-state index contributed by atoms with van der Waals surface area (Å²) < 4.78 is 0. The van der Waals surface area contributed by atoms with Crippen LogP contribution in [0, 0.1) is 4.91 Å². The lowest BCUT2D eigenvalue weighted by atomic mass is 10.1. The van der Waals surface area contributed by atoms with Crippen molar-refractivity contribution >= 4 is 17.8 Å². The minimum atomic E-state index is -0.747. The van der Waals surface area contributed by atoms with E-state index in [-0.39, 0.29) is 31.4 Å². The molecule has 0 spiro atoms. The lowest BCUT2D eigenvalue weighted by Crippen LogP contribution is -2.46. The number of hydrogen-bond acceptors (Lipinski definition) is 5. The molecule has 34 heavy (non-hydrogen) atoms. The lowest BCUT2D eigenvalue weighted by molar-refractivity contribution is -0.128. The molecular formula is C25H31N5O4. The van der Waals surface area contributed by atoms with Gasteiger partial charge in [0.05, 0.1) is 11.8 Å². The van der Waals surface area contributed by atoms with Crippen molar-refractivity contribution in [1.29, 1.82) is 0 Å². The summed E-state index contributed by atoms with van der Waals surface area (Å²) in [4.78, 5) is 49.9. The molecule has 0 bridgehead atoms. The maximum Gasteiger partial charge on any atom is 0.343 e. The largest absolute Gasteiger partial charge is 0.350 e. The molecule has 180 valence electrons. The molecule has 0 aliphatic carbocycles. The SMILES string of the molecule is C=CCN(N=O)C(=O)N(CCC[C@H](NC(C)=O)C(=O)NCc1ccccc1)Cc1ccccc1. The van der Waals surface area contributed by atoms with Gasteiger partial charge in [-0.2, -0.15) is 5.01 Å². The molecule has 0 aliphatic heterocycles. The Labute approximate surface area is 199 Å². The third-order valence-corrected chi connectivity index (χ3v) is 5.03. The van der Waals surface area contributed by atoms with Crippen molar-refractivity contribution in [2.75, 3.05) is 13.1 Å². The molecule has 0 aliphatic rings. The van der Waals surface area contributed by atoms with Crippen LogP contribution in [-0.4, -0.2) is 46.9 Å². The van der Waals surface area contributed by atoms with Crippen molar-refractivity contribution in [3.63, 3.8) is 0 Å². The summed E-state index contributed by atoms with van der Waals surface area (Å²) in [5.74, 6) is -0.623. The van der Waals surface area contributed by atoms with Crippen molar-refractivity contribution < 1.29 is 14.4 Å². The normalized spacial score (nSPS) is 11.1. The van der Waals surface area contributed by atoms with Crippen LogP contribution in [0.5, 0.6) is 0 Å². The van der Waals surface area contributed by atoms with Gasteiger partial charge in [0.15, 0.2) is 0 Å². The number of nitroso groups, excluding NO2 is 1. The van der Waals surface area contributed by atoms with Gasteiger partial charge in [-0.15, -0.1) is 11.5 Å². The van der Waals surface area contributed by atoms with E-state index >= 15 is 0 Å². The minimum Gasteiger partial charge on any atom is -0.350 e. The molecule has 2 rings (SSSR count). The van der Waals surface area contributed by atoms with E-state index < -0.39 is 12.1 Å². The van der Waals surface area contributed by atoms with Gasteiger partial charge in [-0.05, 0) is 24.0 Å². The van der Waals surface area contributed by atoms with Crippen molar-refractivity contribution in [3.8, 4) is 0 Å². The van der Waals surface area contributed by atoms with E-state index in [0.29, 0.717) is 19.4 Å². The highest BCUT2D eigenvalue weighted by atomic mass is 16.3. The fourth-order valence-electron chi connectivity index (χ4n) is 3.39. The highest BCUT2D eigenvalue weighted by molar-refractivity contribution is 5.86. The van der Waals surface area contributed by atoms with Gasteiger partial charge in [-0.1, -0.05) is 66.7 Å². The first kappa shape index (κ1) is 26.2. The fraction of sp³-hybridized carbons (Fsp3) is 0.320. The summed E-state index contributed by atoms with van der Waals surface area (Å²) in [5, 5.41) is 9.12. The molecule has 0 unspecified atom stereocenters. The van der Waals surface area contributed by atoms with Crippen LogP contribution in [0.4, 0.5) is 4.79 Å². The monoisotopic (exact) mass is 465 g/mol. The highest BCUT2D eigenvalue weighted by Crippen LogP contribution is 2.11. The number of nitrogens with one attached hydrogen (secondary N) is 2. The topological polar surface area (TPSA) is 111 Å². The zero-order valence-electron chi connectivity index (χ0n) is 19.4. The Morgan fingerprint density at radius 2 is 1.65 bits per heavy atom. The van der Waals surface area contributed by atoms with Gasteiger partial charge in [-0.25, -0.2) is 4.79 Å². The number of rotatable bonds is 13. The van der Waals surface area contributed by atoms with Gasteiger partial charge in [0.1, 0.15) is 6.04 Å². The van der Waals surface area contributed by atoms with Gasteiger partial charge in [0.2, 0.25) is 11.8 Å². The van der Waals surface area contributed by atoms with E-state index in [1.165, 1.54) is 17.9 Å². The van der Waals surface area contributed by atoms with Crippen molar-refractivity contribution in [2.24, 2.45) is 5.29 Å². The van der Waals surface area contributed by atoms with Crippen LogP contribution in [0.25, 0.3) is 0 Å². The Hall–Kier alpha value is -4.01. The maximum atomic E-state index is 12.9. The summed E-state index contributed by atoms with van der Waals surface area (Å²) in [6, 6.07) is 17.5. The molecule has 0 radical (unpaired) electrons. The standard InChI is InChI=1S/C25H31N5O4/c1-3-16-30(28-34)25(33)29(19-22-13-8-5-9-14-22)17-10-15-23(27-20(2)31)24(32)26-18-21-11-6-4-7-12-21/h3-9,11-14,23H,1,10,15-19H2,2H3,(H,26,32)(H,27,31)/t23-/m0/s1. The number of nitrogens with zero attached hydrogens (tertiary/aromatic N) is 3. The van der Waals surface area contributed by atoms with Crippen LogP contribution in [0.15, 0.2) is 78.6 Å². The lowest BCUT2D eigenvalue weighted by Gasteiger charge is -2.26. The van der Waals surface area contributed by atoms with Crippen LogP contribution in [0.2, 0.25) is 0 Å². The van der Waals surface area contributed by atoms with Crippen LogP contribution >= 0.6 is 0 Å². The highest BCUT2D eigenvalue weighted by Gasteiger charge is 2.23. The van der Waals surface area contributed by atoms with Gasteiger partial charge < -0.3 is 15.5 Å². The minimum absolute atomic E-state index is 0.00989. The average molecular weight is 466 g/mol. The summed E-state index contributed by atoms with van der Waals surface area (Å²) in [7, 11) is 0. The number of carbonyl (C=O) groups excluding carboxylic acids is 3. The third kappa shape index (κ3) is 8.85. The zero-order valence-corrected chi connectivity index (χ0v) is 19.4. The molecule has 0 heterocycles.